The van der Waals surface area contributed by atoms with Gasteiger partial charge in [0.2, 0.25) is 0 Å². The van der Waals surface area contributed by atoms with E-state index < -0.39 is 0 Å². The van der Waals surface area contributed by atoms with Crippen molar-refractivity contribution in [1.29, 1.82) is 0 Å². The van der Waals surface area contributed by atoms with Crippen LogP contribution < -0.4 is 24.4 Å². The van der Waals surface area contributed by atoms with E-state index in [1.807, 2.05) is 17.2 Å². The maximum atomic E-state index is 6.21. The quantitative estimate of drug-likeness (QED) is 0.301. The van der Waals surface area contributed by atoms with Crippen LogP contribution in [0.3, 0.4) is 0 Å². The minimum Gasteiger partial charge on any atom is -0.478 e. The molecule has 45 heavy (non-hydrogen) atoms. The van der Waals surface area contributed by atoms with Crippen LogP contribution in [0.2, 0.25) is 0 Å². The third-order valence-corrected chi connectivity index (χ3v) is 10.9. The lowest BCUT2D eigenvalue weighted by molar-refractivity contribution is -0.121. The molecule has 0 spiro atoms. The molecule has 0 aromatic heterocycles. The molecule has 6 aliphatic rings. The molecule has 3 fully saturated rings. The van der Waals surface area contributed by atoms with Crippen LogP contribution >= 0.6 is 0 Å². The van der Waals surface area contributed by atoms with Crippen molar-refractivity contribution in [1.82, 2.24) is 9.80 Å². The summed E-state index contributed by atoms with van der Waals surface area (Å²) in [6.45, 7) is 6.26. The van der Waals surface area contributed by atoms with Crippen LogP contribution in [0.4, 0.5) is 11.4 Å². The van der Waals surface area contributed by atoms with Gasteiger partial charge >= 0.3 is 0 Å². The zero-order valence-electron chi connectivity index (χ0n) is 26.1. The van der Waals surface area contributed by atoms with Crippen molar-refractivity contribution in [3.8, 4) is 17.2 Å². The number of para-hydroxylation sites is 1. The largest absolute Gasteiger partial charge is 0.478 e. The first-order valence-electron chi connectivity index (χ1n) is 17.2. The van der Waals surface area contributed by atoms with Crippen LogP contribution in [0.15, 0.2) is 60.7 Å². The van der Waals surface area contributed by atoms with Crippen molar-refractivity contribution in [2.45, 2.75) is 83.1 Å². The molecule has 0 amide bonds. The Morgan fingerprint density at radius 2 is 1.24 bits per heavy atom. The molecular formula is C37H44N4O4. The van der Waals surface area contributed by atoms with Crippen molar-refractivity contribution in [2.24, 2.45) is 11.8 Å². The maximum Gasteiger partial charge on any atom is 0.160 e. The van der Waals surface area contributed by atoms with Gasteiger partial charge in [-0.15, -0.1) is 0 Å². The van der Waals surface area contributed by atoms with Gasteiger partial charge in [-0.3, -0.25) is 14.6 Å². The van der Waals surface area contributed by atoms with Gasteiger partial charge in [0.05, 0.1) is 24.0 Å². The highest BCUT2D eigenvalue weighted by Crippen LogP contribution is 2.41. The Balaban J connectivity index is 0.760. The second-order valence-electron chi connectivity index (χ2n) is 14.1. The SMILES string of the molecule is c1ccc2c(c1)CN(c1ccc3c(c1)CN(CC1CCC(CN4COc5ccc(N6OC7CCCCC76)cc5C4)CC1)CO3)O2. The molecule has 8 heteroatoms. The van der Waals surface area contributed by atoms with Gasteiger partial charge in [-0.2, -0.15) is 0 Å². The fraction of sp³-hybridized carbons (Fsp3) is 0.514. The first-order valence-corrected chi connectivity index (χ1v) is 17.2. The molecule has 0 bridgehead atoms. The van der Waals surface area contributed by atoms with Crippen molar-refractivity contribution in [3.63, 3.8) is 0 Å². The van der Waals surface area contributed by atoms with Gasteiger partial charge in [0.15, 0.2) is 5.75 Å². The first-order chi connectivity index (χ1) is 22.2. The van der Waals surface area contributed by atoms with E-state index >= 15 is 0 Å². The van der Waals surface area contributed by atoms with Gasteiger partial charge < -0.3 is 14.3 Å². The second-order valence-corrected chi connectivity index (χ2v) is 14.1. The molecule has 4 aliphatic heterocycles. The molecule has 2 atom stereocenters. The Morgan fingerprint density at radius 3 is 1.93 bits per heavy atom. The zero-order chi connectivity index (χ0) is 29.7. The number of ether oxygens (including phenoxy) is 2. The van der Waals surface area contributed by atoms with Crippen molar-refractivity contribution in [3.05, 3.63) is 77.4 Å². The molecule has 0 radical (unpaired) electrons. The molecule has 236 valence electrons. The maximum absolute atomic E-state index is 6.21. The van der Waals surface area contributed by atoms with E-state index in [1.165, 1.54) is 73.7 Å². The third-order valence-electron chi connectivity index (χ3n) is 10.9. The first kappa shape index (κ1) is 27.8. The molecule has 4 heterocycles. The second kappa shape index (κ2) is 11.7. The Bertz CT molecular complexity index is 1520. The van der Waals surface area contributed by atoms with Crippen LogP contribution in [-0.4, -0.2) is 48.5 Å². The number of hydroxylamine groups is 2. The minimum absolute atomic E-state index is 0.428. The molecule has 2 aliphatic carbocycles. The highest BCUT2D eigenvalue weighted by molar-refractivity contribution is 5.56. The van der Waals surface area contributed by atoms with Gasteiger partial charge in [0.25, 0.3) is 0 Å². The van der Waals surface area contributed by atoms with Gasteiger partial charge in [0, 0.05) is 42.9 Å². The number of rotatable bonds is 6. The van der Waals surface area contributed by atoms with Gasteiger partial charge in [-0.1, -0.05) is 31.0 Å². The summed E-state index contributed by atoms with van der Waals surface area (Å²) in [4.78, 5) is 17.3. The Labute approximate surface area is 266 Å². The number of anilines is 2. The van der Waals surface area contributed by atoms with Gasteiger partial charge in [0.1, 0.15) is 31.1 Å². The smallest absolute Gasteiger partial charge is 0.160 e. The van der Waals surface area contributed by atoms with Crippen molar-refractivity contribution in [2.75, 3.05) is 36.7 Å². The van der Waals surface area contributed by atoms with E-state index in [0.717, 1.165) is 67.5 Å². The monoisotopic (exact) mass is 608 g/mol. The molecule has 3 aromatic carbocycles. The topological polar surface area (TPSA) is 49.9 Å². The summed E-state index contributed by atoms with van der Waals surface area (Å²) in [6, 6.07) is 21.9. The lowest BCUT2D eigenvalue weighted by Crippen LogP contribution is -2.59. The molecule has 2 unspecified atom stereocenters. The van der Waals surface area contributed by atoms with Crippen LogP contribution in [0.5, 0.6) is 17.2 Å². The average Bonchev–Trinajstić information content (AvgIpc) is 3.50. The molecular weight excluding hydrogens is 564 g/mol. The fourth-order valence-corrected chi connectivity index (χ4v) is 8.47. The number of hydrogen-bond donors (Lipinski definition) is 0. The summed E-state index contributed by atoms with van der Waals surface area (Å²) in [5.41, 5.74) is 6.05. The predicted molar refractivity (Wildman–Crippen MR) is 173 cm³/mol. The Morgan fingerprint density at radius 1 is 0.600 bits per heavy atom. The van der Waals surface area contributed by atoms with Gasteiger partial charge in [-0.05, 0) is 92.8 Å². The van der Waals surface area contributed by atoms with Crippen LogP contribution in [0.1, 0.15) is 68.1 Å². The summed E-state index contributed by atoms with van der Waals surface area (Å²) in [7, 11) is 0. The zero-order valence-corrected chi connectivity index (χ0v) is 26.1. The molecule has 8 nitrogen and oxygen atoms in total. The Hall–Kier alpha value is -3.46. The summed E-state index contributed by atoms with van der Waals surface area (Å²) < 4.78 is 12.4. The summed E-state index contributed by atoms with van der Waals surface area (Å²) in [5, 5.41) is 4.15. The molecule has 9 rings (SSSR count). The van der Waals surface area contributed by atoms with Crippen molar-refractivity contribution < 1.29 is 19.1 Å². The third kappa shape index (κ3) is 5.51. The van der Waals surface area contributed by atoms with E-state index in [1.54, 1.807) is 0 Å². The fourth-order valence-electron chi connectivity index (χ4n) is 8.47. The highest BCUT2D eigenvalue weighted by Gasteiger charge is 2.42. The van der Waals surface area contributed by atoms with E-state index in [9.17, 15) is 0 Å². The van der Waals surface area contributed by atoms with E-state index in [2.05, 4.69) is 63.4 Å². The van der Waals surface area contributed by atoms with Gasteiger partial charge in [-0.25, -0.2) is 10.1 Å². The van der Waals surface area contributed by atoms with Crippen molar-refractivity contribution >= 4 is 11.4 Å². The predicted octanol–water partition coefficient (Wildman–Crippen LogP) is 6.87. The number of hydrogen-bond acceptors (Lipinski definition) is 8. The normalized spacial score (nSPS) is 27.6. The summed E-state index contributed by atoms with van der Waals surface area (Å²) in [6.07, 6.45) is 10.7. The van der Waals surface area contributed by atoms with Crippen LogP contribution in [0.25, 0.3) is 0 Å². The summed E-state index contributed by atoms with van der Waals surface area (Å²) >= 11 is 0. The number of fused-ring (bicyclic) bond motifs is 4. The minimum atomic E-state index is 0.428. The number of nitrogens with zero attached hydrogens (tertiary/aromatic N) is 4. The molecule has 2 saturated carbocycles. The average molecular weight is 609 g/mol. The molecule has 0 N–H and O–H groups in total. The lowest BCUT2D eigenvalue weighted by Gasteiger charge is -2.50. The number of benzene rings is 3. The molecule has 3 aromatic rings. The van der Waals surface area contributed by atoms with E-state index in [4.69, 9.17) is 19.1 Å². The van der Waals surface area contributed by atoms with E-state index in [0.29, 0.717) is 25.6 Å². The molecule has 1 saturated heterocycles. The van der Waals surface area contributed by atoms with Crippen LogP contribution in [-0.2, 0) is 24.5 Å². The highest BCUT2D eigenvalue weighted by atomic mass is 16.7. The lowest BCUT2D eigenvalue weighted by atomic mass is 9.81. The standard InChI is InChI=1S/C37H44N4O4/c1-3-7-36-28(5-1)23-40(44-36)31-13-15-34-29(17-31)21-38(24-42-34)19-26-9-11-27(12-10-26)20-39-22-30-18-32(14-16-35(30)43-25-39)41-33-6-2-4-8-37(33)45-41/h1,3,5,7,13-18,26-27,33,37H,2,4,6,8-12,19-25H2. The summed E-state index contributed by atoms with van der Waals surface area (Å²) in [5.74, 6) is 4.46. The van der Waals surface area contributed by atoms with Crippen LogP contribution in [0, 0.1) is 11.8 Å². The van der Waals surface area contributed by atoms with E-state index in [-0.39, 0.29) is 0 Å². The Kier molecular flexibility index (Phi) is 7.24.